The molecule has 0 bridgehead atoms. The van der Waals surface area contributed by atoms with Gasteiger partial charge in [0, 0.05) is 12.6 Å². The molecule has 0 saturated carbocycles. The number of nitrogens with one attached hydrogen (secondary N) is 1. The van der Waals surface area contributed by atoms with Crippen LogP contribution in [0.1, 0.15) is 23.7 Å². The minimum absolute atomic E-state index is 0.111. The van der Waals surface area contributed by atoms with Gasteiger partial charge in [-0.25, -0.2) is 13.6 Å². The fourth-order valence-electron chi connectivity index (χ4n) is 1.80. The number of carbonyl (C=O) groups is 1. The fraction of sp³-hybridized carbons (Fsp3) is 0.417. The van der Waals surface area contributed by atoms with Crippen molar-refractivity contribution in [1.29, 1.82) is 0 Å². The average molecular weight is 300 g/mol. The molecule has 0 aliphatic carbocycles. The molecule has 1 amide bonds. The summed E-state index contributed by atoms with van der Waals surface area (Å²) < 4.78 is 33.6. The van der Waals surface area contributed by atoms with Gasteiger partial charge in [-0.2, -0.15) is 0 Å². The molecule has 0 aromatic heterocycles. The summed E-state index contributed by atoms with van der Waals surface area (Å²) in [6.07, 6.45) is 0.764. The summed E-state index contributed by atoms with van der Waals surface area (Å²) in [7, 11) is -3.93. The summed E-state index contributed by atoms with van der Waals surface area (Å²) >= 11 is 0. The Bertz CT molecular complexity index is 627. The molecule has 0 atom stereocenters. The lowest BCUT2D eigenvalue weighted by molar-refractivity contribution is 0.0942. The quantitative estimate of drug-likeness (QED) is 0.828. The van der Waals surface area contributed by atoms with Crippen LogP contribution in [0.2, 0.25) is 0 Å². The molecule has 0 saturated heterocycles. The Morgan fingerprint density at radius 2 is 2.05 bits per heavy atom. The zero-order chi connectivity index (χ0) is 14.8. The molecule has 7 nitrogen and oxygen atoms in total. The number of fused-ring (bicyclic) bond motifs is 1. The first-order valence-corrected chi connectivity index (χ1v) is 7.72. The van der Waals surface area contributed by atoms with E-state index in [1.807, 2.05) is 6.92 Å². The molecule has 2 rings (SSSR count). The van der Waals surface area contributed by atoms with Crippen LogP contribution in [0.5, 0.6) is 11.5 Å². The summed E-state index contributed by atoms with van der Waals surface area (Å²) in [4.78, 5) is 11.9. The maximum Gasteiger partial charge on any atom is 0.255 e. The van der Waals surface area contributed by atoms with Crippen molar-refractivity contribution in [1.82, 2.24) is 5.32 Å². The highest BCUT2D eigenvalue weighted by Crippen LogP contribution is 2.36. The molecule has 1 aliphatic heterocycles. The second-order valence-electron chi connectivity index (χ2n) is 4.30. The van der Waals surface area contributed by atoms with Crippen LogP contribution >= 0.6 is 0 Å². The van der Waals surface area contributed by atoms with Crippen molar-refractivity contribution in [2.75, 3.05) is 19.8 Å². The van der Waals surface area contributed by atoms with Crippen LogP contribution in [0.25, 0.3) is 0 Å². The largest absolute Gasteiger partial charge is 0.486 e. The van der Waals surface area contributed by atoms with Crippen LogP contribution in [-0.4, -0.2) is 34.1 Å². The van der Waals surface area contributed by atoms with Gasteiger partial charge in [0.15, 0.2) is 11.5 Å². The second kappa shape index (κ2) is 5.68. The number of amides is 1. The minimum atomic E-state index is -3.93. The summed E-state index contributed by atoms with van der Waals surface area (Å²) in [5.41, 5.74) is 0.111. The molecular formula is C12H16N2O5S. The number of hydrogen-bond acceptors (Lipinski definition) is 5. The van der Waals surface area contributed by atoms with Gasteiger partial charge in [-0.15, -0.1) is 0 Å². The molecule has 0 radical (unpaired) electrons. The van der Waals surface area contributed by atoms with Gasteiger partial charge in [-0.3, -0.25) is 4.79 Å². The van der Waals surface area contributed by atoms with Gasteiger partial charge in [0.1, 0.15) is 13.2 Å². The van der Waals surface area contributed by atoms with Gasteiger partial charge in [-0.1, -0.05) is 6.92 Å². The molecule has 3 N–H and O–H groups in total. The van der Waals surface area contributed by atoms with Gasteiger partial charge in [0.25, 0.3) is 5.91 Å². The highest BCUT2D eigenvalue weighted by atomic mass is 32.2. The number of ether oxygens (including phenoxy) is 2. The minimum Gasteiger partial charge on any atom is -0.486 e. The molecule has 1 aromatic carbocycles. The predicted octanol–water partition coefficient (Wildman–Crippen LogP) is 0.245. The zero-order valence-corrected chi connectivity index (χ0v) is 11.8. The molecule has 20 heavy (non-hydrogen) atoms. The van der Waals surface area contributed by atoms with E-state index in [1.54, 1.807) is 0 Å². The Morgan fingerprint density at radius 3 is 2.70 bits per heavy atom. The van der Waals surface area contributed by atoms with Crippen molar-refractivity contribution in [3.8, 4) is 11.5 Å². The van der Waals surface area contributed by atoms with Gasteiger partial charge in [-0.05, 0) is 12.5 Å². The number of benzene rings is 1. The van der Waals surface area contributed by atoms with E-state index in [0.717, 1.165) is 6.42 Å². The Balaban J connectivity index is 2.50. The summed E-state index contributed by atoms with van der Waals surface area (Å²) in [5.74, 6) is 0.0424. The number of rotatable bonds is 4. The van der Waals surface area contributed by atoms with E-state index >= 15 is 0 Å². The summed E-state index contributed by atoms with van der Waals surface area (Å²) in [6.45, 7) is 2.98. The molecule has 0 spiro atoms. The molecule has 1 aromatic rings. The molecule has 0 unspecified atom stereocenters. The lowest BCUT2D eigenvalue weighted by atomic mass is 10.1. The van der Waals surface area contributed by atoms with Crippen LogP contribution in [0.4, 0.5) is 0 Å². The lowest BCUT2D eigenvalue weighted by Crippen LogP contribution is -2.27. The predicted molar refractivity (Wildman–Crippen MR) is 71.4 cm³/mol. The molecular weight excluding hydrogens is 284 g/mol. The van der Waals surface area contributed by atoms with Crippen LogP contribution in [0.15, 0.2) is 17.0 Å². The first kappa shape index (κ1) is 14.6. The molecule has 1 heterocycles. The van der Waals surface area contributed by atoms with E-state index < -0.39 is 15.9 Å². The fourth-order valence-corrected chi connectivity index (χ4v) is 2.35. The van der Waals surface area contributed by atoms with E-state index in [1.165, 1.54) is 12.1 Å². The van der Waals surface area contributed by atoms with Crippen molar-refractivity contribution < 1.29 is 22.7 Å². The van der Waals surface area contributed by atoms with E-state index in [2.05, 4.69) is 5.32 Å². The maximum absolute atomic E-state index is 12.1. The number of carbonyl (C=O) groups excluding carboxylic acids is 1. The third kappa shape index (κ3) is 3.02. The highest BCUT2D eigenvalue weighted by molar-refractivity contribution is 7.89. The van der Waals surface area contributed by atoms with Gasteiger partial charge in [0.2, 0.25) is 10.0 Å². The average Bonchev–Trinajstić information content (AvgIpc) is 2.42. The Kier molecular flexibility index (Phi) is 4.15. The maximum atomic E-state index is 12.1. The number of hydrogen-bond donors (Lipinski definition) is 2. The van der Waals surface area contributed by atoms with E-state index in [9.17, 15) is 13.2 Å². The van der Waals surface area contributed by atoms with Crippen molar-refractivity contribution in [2.24, 2.45) is 5.14 Å². The van der Waals surface area contributed by atoms with E-state index in [4.69, 9.17) is 14.6 Å². The highest BCUT2D eigenvalue weighted by Gasteiger charge is 2.24. The topological polar surface area (TPSA) is 108 Å². The smallest absolute Gasteiger partial charge is 0.255 e. The number of primary sulfonamides is 1. The Morgan fingerprint density at radius 1 is 1.35 bits per heavy atom. The first-order valence-electron chi connectivity index (χ1n) is 6.18. The van der Waals surface area contributed by atoms with E-state index in [0.29, 0.717) is 13.2 Å². The second-order valence-corrected chi connectivity index (χ2v) is 5.86. The molecule has 8 heteroatoms. The van der Waals surface area contributed by atoms with Crippen LogP contribution in [-0.2, 0) is 10.0 Å². The SMILES string of the molecule is CCCNC(=O)c1cc(S(N)(=O)=O)cc2c1OCCO2. The van der Waals surface area contributed by atoms with Gasteiger partial charge >= 0.3 is 0 Å². The third-order valence-electron chi connectivity index (χ3n) is 2.72. The van der Waals surface area contributed by atoms with Gasteiger partial charge in [0.05, 0.1) is 10.5 Å². The van der Waals surface area contributed by atoms with Crippen LogP contribution < -0.4 is 19.9 Å². The van der Waals surface area contributed by atoms with E-state index in [-0.39, 0.29) is 28.6 Å². The lowest BCUT2D eigenvalue weighted by Gasteiger charge is -2.21. The number of sulfonamides is 1. The normalized spacial score (nSPS) is 13.9. The molecule has 1 aliphatic rings. The Labute approximate surface area is 117 Å². The monoisotopic (exact) mass is 300 g/mol. The van der Waals surface area contributed by atoms with Crippen molar-refractivity contribution in [3.05, 3.63) is 17.7 Å². The molecule has 110 valence electrons. The third-order valence-corrected chi connectivity index (χ3v) is 3.62. The van der Waals surface area contributed by atoms with Crippen molar-refractivity contribution in [3.63, 3.8) is 0 Å². The van der Waals surface area contributed by atoms with Crippen LogP contribution in [0.3, 0.4) is 0 Å². The zero-order valence-electron chi connectivity index (χ0n) is 11.0. The number of nitrogens with two attached hydrogens (primary N) is 1. The van der Waals surface area contributed by atoms with Crippen LogP contribution in [0, 0.1) is 0 Å². The Hall–Kier alpha value is -1.80. The first-order chi connectivity index (χ1) is 9.43. The molecule has 0 fully saturated rings. The summed E-state index contributed by atoms with van der Waals surface area (Å²) in [5, 5.41) is 7.77. The summed E-state index contributed by atoms with van der Waals surface area (Å²) in [6, 6.07) is 2.47. The van der Waals surface area contributed by atoms with Crippen molar-refractivity contribution >= 4 is 15.9 Å². The standard InChI is InChI=1S/C12H16N2O5S/c1-2-3-14-12(15)9-6-8(20(13,16)17)7-10-11(9)19-5-4-18-10/h6-7H,2-5H2,1H3,(H,14,15)(H2,13,16,17). The van der Waals surface area contributed by atoms with Crippen molar-refractivity contribution in [2.45, 2.75) is 18.2 Å². The van der Waals surface area contributed by atoms with Gasteiger partial charge < -0.3 is 14.8 Å².